The molecule has 0 bridgehead atoms. The summed E-state index contributed by atoms with van der Waals surface area (Å²) in [6.45, 7) is 0. The first-order chi connectivity index (χ1) is 16.3. The highest BCUT2D eigenvalue weighted by molar-refractivity contribution is 6.24. The number of aliphatic carboxylic acids is 1. The molecule has 11 heteroatoms. The molecule has 0 spiro atoms. The number of ketones is 2. The highest BCUT2D eigenvalue weighted by atomic mass is 16.4. The lowest BCUT2D eigenvalue weighted by atomic mass is 9.57. The SMILES string of the molecule is CN(C)[C@@H]1C(=O)C(C(N)=O)=C(O)[C@@]2(O)C(=O)C3=C(O)c4c(O)ccc(C#CC(=O)O)c4C[C@H]3C[C@H]12. The number of phenolic OH excluding ortho intramolecular Hbond substituents is 1. The molecule has 0 aliphatic heterocycles. The van der Waals surface area contributed by atoms with Gasteiger partial charge in [-0.05, 0) is 50.6 Å². The molecule has 3 aliphatic carbocycles. The molecule has 11 nitrogen and oxygen atoms in total. The van der Waals surface area contributed by atoms with Gasteiger partial charge in [-0.3, -0.25) is 19.3 Å². The van der Waals surface area contributed by atoms with Crippen molar-refractivity contribution in [1.82, 2.24) is 4.90 Å². The molecule has 182 valence electrons. The quantitative estimate of drug-likeness (QED) is 0.234. The summed E-state index contributed by atoms with van der Waals surface area (Å²) in [4.78, 5) is 51.0. The van der Waals surface area contributed by atoms with Crippen LogP contribution >= 0.6 is 0 Å². The Labute approximate surface area is 198 Å². The first kappa shape index (κ1) is 24.0. The minimum atomic E-state index is -2.72. The molecule has 1 saturated carbocycles. The molecular formula is C24H22N2O9. The zero-order valence-electron chi connectivity index (χ0n) is 18.7. The first-order valence-corrected chi connectivity index (χ1v) is 10.6. The molecule has 4 atom stereocenters. The minimum Gasteiger partial charge on any atom is -0.508 e. The van der Waals surface area contributed by atoms with Gasteiger partial charge in [0.1, 0.15) is 22.8 Å². The van der Waals surface area contributed by atoms with Gasteiger partial charge in [0.2, 0.25) is 5.78 Å². The second-order valence-corrected chi connectivity index (χ2v) is 9.00. The maximum atomic E-state index is 13.7. The van der Waals surface area contributed by atoms with Gasteiger partial charge < -0.3 is 31.3 Å². The molecule has 35 heavy (non-hydrogen) atoms. The normalized spacial score (nSPS) is 27.6. The maximum absolute atomic E-state index is 13.7. The molecule has 1 aromatic carbocycles. The molecule has 0 radical (unpaired) electrons. The number of likely N-dealkylation sites (N-methyl/N-ethyl adjacent to an activating group) is 1. The van der Waals surface area contributed by atoms with Crippen LogP contribution in [0.15, 0.2) is 29.0 Å². The summed E-state index contributed by atoms with van der Waals surface area (Å²) in [5.41, 5.74) is 1.72. The molecule has 1 fully saturated rings. The Hall–Kier alpha value is -4.14. The van der Waals surface area contributed by atoms with Gasteiger partial charge in [0.15, 0.2) is 11.4 Å². The van der Waals surface area contributed by atoms with Gasteiger partial charge in [-0.2, -0.15) is 0 Å². The number of rotatable bonds is 2. The standard InChI is InChI=1S/C24H22N2O9/c1-26(2)18-12-8-10-7-11-9(4-6-14(28)29)3-5-13(27)16(11)19(30)15(10)21(32)24(12,35)22(33)17(20(18)31)23(25)34/h3,5,10,12,18,27,30,33,35H,7-8H2,1-2H3,(H2,25,34)(H,28,29)/t10-,12+,18-,24-/m0/s1. The van der Waals surface area contributed by atoms with E-state index in [0.29, 0.717) is 5.56 Å². The van der Waals surface area contributed by atoms with Gasteiger partial charge in [0.25, 0.3) is 5.91 Å². The number of hydrogen-bond acceptors (Lipinski definition) is 9. The molecule has 0 unspecified atom stereocenters. The summed E-state index contributed by atoms with van der Waals surface area (Å²) < 4.78 is 0. The molecule has 4 rings (SSSR count). The van der Waals surface area contributed by atoms with E-state index in [2.05, 4.69) is 5.92 Å². The molecular weight excluding hydrogens is 460 g/mol. The molecule has 1 aromatic rings. The zero-order valence-corrected chi connectivity index (χ0v) is 18.7. The Kier molecular flexibility index (Phi) is 5.47. The lowest BCUT2D eigenvalue weighted by Crippen LogP contribution is -2.65. The number of phenols is 1. The fraction of sp³-hybridized carbons (Fsp3) is 0.333. The summed E-state index contributed by atoms with van der Waals surface area (Å²) >= 11 is 0. The average molecular weight is 482 g/mol. The van der Waals surface area contributed by atoms with Crippen molar-refractivity contribution in [3.05, 3.63) is 45.7 Å². The van der Waals surface area contributed by atoms with Crippen molar-refractivity contribution in [2.75, 3.05) is 14.1 Å². The number of amides is 1. The van der Waals surface area contributed by atoms with E-state index < -0.39 is 69.8 Å². The van der Waals surface area contributed by atoms with Gasteiger partial charge in [-0.1, -0.05) is 5.92 Å². The van der Waals surface area contributed by atoms with Crippen LogP contribution < -0.4 is 5.73 Å². The van der Waals surface area contributed by atoms with E-state index in [4.69, 9.17) is 10.8 Å². The van der Waals surface area contributed by atoms with E-state index in [-0.39, 0.29) is 29.5 Å². The molecule has 7 N–H and O–H groups in total. The number of fused-ring (bicyclic) bond motifs is 3. The Morgan fingerprint density at radius 2 is 1.83 bits per heavy atom. The van der Waals surface area contributed by atoms with Crippen LogP contribution in [0.1, 0.15) is 23.1 Å². The Morgan fingerprint density at radius 3 is 2.40 bits per heavy atom. The average Bonchev–Trinajstić information content (AvgIpc) is 2.75. The number of carboxylic acids is 1. The lowest BCUT2D eigenvalue weighted by molar-refractivity contribution is -0.153. The van der Waals surface area contributed by atoms with Crippen LogP contribution in [0.5, 0.6) is 5.75 Å². The second kappa shape index (κ2) is 7.97. The van der Waals surface area contributed by atoms with Crippen molar-refractivity contribution in [1.29, 1.82) is 0 Å². The third-order valence-electron chi connectivity index (χ3n) is 6.91. The third-order valence-corrected chi connectivity index (χ3v) is 6.91. The van der Waals surface area contributed by atoms with Crippen LogP contribution in [-0.4, -0.2) is 79.6 Å². The summed E-state index contributed by atoms with van der Waals surface area (Å²) in [5.74, 6) is -4.46. The van der Waals surface area contributed by atoms with Crippen molar-refractivity contribution in [3.63, 3.8) is 0 Å². The highest BCUT2D eigenvalue weighted by Gasteiger charge is 2.64. The molecule has 0 saturated heterocycles. The van der Waals surface area contributed by atoms with Crippen LogP contribution in [0.4, 0.5) is 0 Å². The minimum absolute atomic E-state index is 0.0204. The van der Waals surface area contributed by atoms with Crippen molar-refractivity contribution < 1.29 is 44.7 Å². The number of Topliss-reactive ketones (excluding diaryl/α,β-unsaturated/α-hetero) is 2. The Bertz CT molecular complexity index is 1340. The monoisotopic (exact) mass is 482 g/mol. The maximum Gasteiger partial charge on any atom is 0.382 e. The summed E-state index contributed by atoms with van der Waals surface area (Å²) in [6.07, 6.45) is -0.0558. The third kappa shape index (κ3) is 3.30. The van der Waals surface area contributed by atoms with Gasteiger partial charge in [0, 0.05) is 23.0 Å². The van der Waals surface area contributed by atoms with Crippen LogP contribution in [0, 0.1) is 23.7 Å². The van der Waals surface area contributed by atoms with E-state index in [1.807, 2.05) is 5.92 Å². The highest BCUT2D eigenvalue weighted by Crippen LogP contribution is 2.52. The van der Waals surface area contributed by atoms with Crippen LogP contribution in [0.2, 0.25) is 0 Å². The summed E-state index contributed by atoms with van der Waals surface area (Å²) in [6, 6.07) is 1.36. The second-order valence-electron chi connectivity index (χ2n) is 9.00. The number of carbonyl (C=O) groups is 4. The van der Waals surface area contributed by atoms with Crippen LogP contribution in [0.25, 0.3) is 5.76 Å². The number of carboxylic acid groups (broad SMARTS) is 1. The van der Waals surface area contributed by atoms with E-state index in [0.717, 1.165) is 0 Å². The number of primary amides is 1. The predicted octanol–water partition coefficient (Wildman–Crippen LogP) is -0.600. The van der Waals surface area contributed by atoms with Crippen LogP contribution in [-0.2, 0) is 25.6 Å². The molecule has 0 aromatic heterocycles. The number of carbonyl (C=O) groups excluding carboxylic acids is 3. The van der Waals surface area contributed by atoms with Crippen molar-refractivity contribution in [2.45, 2.75) is 24.5 Å². The fourth-order valence-corrected chi connectivity index (χ4v) is 5.48. The fourth-order valence-electron chi connectivity index (χ4n) is 5.48. The molecule has 3 aliphatic rings. The smallest absolute Gasteiger partial charge is 0.382 e. The number of benzene rings is 1. The zero-order chi connectivity index (χ0) is 26.0. The summed E-state index contributed by atoms with van der Waals surface area (Å²) in [7, 11) is 3.01. The van der Waals surface area contributed by atoms with Crippen molar-refractivity contribution in [3.8, 4) is 17.6 Å². The van der Waals surface area contributed by atoms with E-state index in [1.165, 1.54) is 31.1 Å². The van der Waals surface area contributed by atoms with Gasteiger partial charge in [-0.15, -0.1) is 0 Å². The topological polar surface area (TPSA) is 199 Å². The molecule has 1 amide bonds. The van der Waals surface area contributed by atoms with Crippen molar-refractivity contribution in [2.24, 2.45) is 17.6 Å². The number of nitrogens with zero attached hydrogens (tertiary/aromatic N) is 1. The number of aliphatic hydroxyl groups excluding tert-OH is 2. The van der Waals surface area contributed by atoms with Gasteiger partial charge in [-0.25, -0.2) is 4.79 Å². The predicted molar refractivity (Wildman–Crippen MR) is 119 cm³/mol. The van der Waals surface area contributed by atoms with Gasteiger partial charge >= 0.3 is 5.97 Å². The van der Waals surface area contributed by atoms with E-state index in [9.17, 15) is 39.6 Å². The molecule has 0 heterocycles. The Morgan fingerprint density at radius 1 is 1.17 bits per heavy atom. The lowest BCUT2D eigenvalue weighted by Gasteiger charge is -2.50. The van der Waals surface area contributed by atoms with Crippen LogP contribution in [0.3, 0.4) is 0 Å². The van der Waals surface area contributed by atoms with Gasteiger partial charge in [0.05, 0.1) is 11.6 Å². The number of aliphatic hydroxyl groups is 3. The number of nitrogens with two attached hydrogens (primary N) is 1. The number of aromatic hydroxyl groups is 1. The van der Waals surface area contributed by atoms with E-state index in [1.54, 1.807) is 0 Å². The van der Waals surface area contributed by atoms with Crippen molar-refractivity contribution >= 4 is 29.2 Å². The largest absolute Gasteiger partial charge is 0.508 e. The Balaban J connectivity index is 1.98. The first-order valence-electron chi connectivity index (χ1n) is 10.6. The number of hydrogen-bond donors (Lipinski definition) is 6. The van der Waals surface area contributed by atoms with E-state index >= 15 is 0 Å². The summed E-state index contributed by atoms with van der Waals surface area (Å²) in [5, 5.41) is 52.7.